The van der Waals surface area contributed by atoms with Crippen molar-refractivity contribution >= 4 is 17.4 Å². The van der Waals surface area contributed by atoms with Gasteiger partial charge in [0, 0.05) is 20.3 Å². The Morgan fingerprint density at radius 2 is 2.21 bits per heavy atom. The van der Waals surface area contributed by atoms with Crippen LogP contribution < -0.4 is 10.6 Å². The fraction of sp³-hybridized carbons (Fsp3) is 0.333. The highest BCUT2D eigenvalue weighted by atomic mass is 16.1. The average Bonchev–Trinajstić information content (AvgIpc) is 2.78. The fourth-order valence-electron chi connectivity index (χ4n) is 1.68. The highest BCUT2D eigenvalue weighted by Crippen LogP contribution is 2.14. The molecule has 0 aliphatic carbocycles. The molecule has 19 heavy (non-hydrogen) atoms. The Morgan fingerprint density at radius 1 is 1.42 bits per heavy atom. The van der Waals surface area contributed by atoms with E-state index in [1.54, 1.807) is 24.1 Å². The van der Waals surface area contributed by atoms with Crippen LogP contribution in [0.25, 0.3) is 0 Å². The molecule has 0 aliphatic rings. The molecule has 2 aromatic rings. The van der Waals surface area contributed by atoms with Crippen LogP contribution in [-0.2, 0) is 13.5 Å². The number of carbonyl (C=O) groups excluding carboxylic acids is 1. The van der Waals surface area contributed by atoms with E-state index < -0.39 is 0 Å². The molecular formula is C12H16N6O. The number of aryl methyl sites for hydroxylation is 2. The van der Waals surface area contributed by atoms with E-state index in [1.165, 1.54) is 6.20 Å². The Bertz CT molecular complexity index is 592. The molecule has 0 atom stereocenters. The van der Waals surface area contributed by atoms with E-state index in [0.717, 1.165) is 12.1 Å². The third-order valence-corrected chi connectivity index (χ3v) is 2.61. The number of amides is 1. The molecule has 2 rings (SSSR count). The molecule has 1 amide bonds. The molecule has 7 heteroatoms. The maximum Gasteiger partial charge on any atom is 0.276 e. The molecule has 0 unspecified atom stereocenters. The summed E-state index contributed by atoms with van der Waals surface area (Å²) in [6.45, 7) is 1.99. The van der Waals surface area contributed by atoms with Crippen molar-refractivity contribution in [1.82, 2.24) is 19.7 Å². The number of anilines is 2. The van der Waals surface area contributed by atoms with E-state index in [1.807, 2.05) is 14.0 Å². The van der Waals surface area contributed by atoms with Crippen molar-refractivity contribution in [2.45, 2.75) is 13.3 Å². The van der Waals surface area contributed by atoms with Crippen molar-refractivity contribution in [3.8, 4) is 0 Å². The predicted octanol–water partition coefficient (Wildman–Crippen LogP) is 1.07. The zero-order chi connectivity index (χ0) is 13.8. The van der Waals surface area contributed by atoms with Crippen LogP contribution in [0.3, 0.4) is 0 Å². The minimum absolute atomic E-state index is 0.262. The summed E-state index contributed by atoms with van der Waals surface area (Å²) in [5, 5.41) is 9.90. The first-order valence-corrected chi connectivity index (χ1v) is 5.97. The van der Waals surface area contributed by atoms with Crippen LogP contribution in [0.1, 0.15) is 23.1 Å². The van der Waals surface area contributed by atoms with Crippen molar-refractivity contribution in [3.63, 3.8) is 0 Å². The zero-order valence-corrected chi connectivity index (χ0v) is 11.1. The number of rotatable bonds is 4. The molecule has 100 valence electrons. The van der Waals surface area contributed by atoms with Gasteiger partial charge in [-0.15, -0.1) is 0 Å². The van der Waals surface area contributed by atoms with Crippen LogP contribution in [0.4, 0.5) is 11.5 Å². The summed E-state index contributed by atoms with van der Waals surface area (Å²) in [6, 6.07) is 0. The highest BCUT2D eigenvalue weighted by Gasteiger charge is 2.13. The first-order valence-electron chi connectivity index (χ1n) is 5.97. The molecule has 2 aromatic heterocycles. The van der Waals surface area contributed by atoms with Gasteiger partial charge < -0.3 is 10.6 Å². The lowest BCUT2D eigenvalue weighted by atomic mass is 10.3. The van der Waals surface area contributed by atoms with E-state index in [0.29, 0.717) is 11.5 Å². The van der Waals surface area contributed by atoms with Crippen molar-refractivity contribution in [1.29, 1.82) is 0 Å². The van der Waals surface area contributed by atoms with Crippen LogP contribution >= 0.6 is 0 Å². The third kappa shape index (κ3) is 2.87. The van der Waals surface area contributed by atoms with E-state index in [-0.39, 0.29) is 11.6 Å². The van der Waals surface area contributed by atoms with Gasteiger partial charge in [-0.25, -0.2) is 4.98 Å². The van der Waals surface area contributed by atoms with Gasteiger partial charge in [0.1, 0.15) is 11.5 Å². The van der Waals surface area contributed by atoms with E-state index >= 15 is 0 Å². The van der Waals surface area contributed by atoms with Gasteiger partial charge in [-0.3, -0.25) is 14.5 Å². The Morgan fingerprint density at radius 3 is 2.89 bits per heavy atom. The number of nitrogens with zero attached hydrogens (tertiary/aromatic N) is 4. The molecule has 2 N–H and O–H groups in total. The van der Waals surface area contributed by atoms with Crippen molar-refractivity contribution in [3.05, 3.63) is 30.0 Å². The normalized spacial score (nSPS) is 10.3. The lowest BCUT2D eigenvalue weighted by Gasteiger charge is -2.04. The topological polar surface area (TPSA) is 84.7 Å². The summed E-state index contributed by atoms with van der Waals surface area (Å²) >= 11 is 0. The molecule has 0 radical (unpaired) electrons. The lowest BCUT2D eigenvalue weighted by molar-refractivity contribution is 0.102. The minimum atomic E-state index is -0.299. The van der Waals surface area contributed by atoms with Gasteiger partial charge in [0.2, 0.25) is 0 Å². The SMILES string of the molecule is CCc1nn(C)cc1NC(=O)c1cncc(NC)n1. The highest BCUT2D eigenvalue weighted by molar-refractivity contribution is 6.03. The standard InChI is InChI=1S/C12H16N6O/c1-4-8-10(7-18(3)17-8)16-12(19)9-5-14-6-11(13-2)15-9/h5-7H,4H2,1-3H3,(H,13,15)(H,16,19). The number of carbonyl (C=O) groups is 1. The molecule has 0 spiro atoms. The van der Waals surface area contributed by atoms with Gasteiger partial charge in [0.15, 0.2) is 0 Å². The summed E-state index contributed by atoms with van der Waals surface area (Å²) in [5.74, 6) is 0.252. The summed E-state index contributed by atoms with van der Waals surface area (Å²) in [7, 11) is 3.54. The van der Waals surface area contributed by atoms with Crippen molar-refractivity contribution < 1.29 is 4.79 Å². The van der Waals surface area contributed by atoms with Crippen molar-refractivity contribution in [2.75, 3.05) is 17.7 Å². The Labute approximate surface area is 111 Å². The largest absolute Gasteiger partial charge is 0.372 e. The molecule has 2 heterocycles. The molecule has 0 saturated carbocycles. The molecule has 0 aliphatic heterocycles. The fourth-order valence-corrected chi connectivity index (χ4v) is 1.68. The summed E-state index contributed by atoms with van der Waals surface area (Å²) in [4.78, 5) is 20.2. The molecule has 7 nitrogen and oxygen atoms in total. The summed E-state index contributed by atoms with van der Waals surface area (Å²) in [6.07, 6.45) is 5.50. The van der Waals surface area contributed by atoms with Gasteiger partial charge in [-0.2, -0.15) is 5.10 Å². The maximum atomic E-state index is 12.1. The van der Waals surface area contributed by atoms with Crippen LogP contribution in [0.2, 0.25) is 0 Å². The summed E-state index contributed by atoms with van der Waals surface area (Å²) < 4.78 is 1.67. The molecule has 0 aromatic carbocycles. The lowest BCUT2D eigenvalue weighted by Crippen LogP contribution is -2.15. The second-order valence-electron chi connectivity index (χ2n) is 4.01. The van der Waals surface area contributed by atoms with Crippen LogP contribution in [0, 0.1) is 0 Å². The van der Waals surface area contributed by atoms with Gasteiger partial charge in [0.25, 0.3) is 5.91 Å². The smallest absolute Gasteiger partial charge is 0.276 e. The van der Waals surface area contributed by atoms with Crippen molar-refractivity contribution in [2.24, 2.45) is 7.05 Å². The minimum Gasteiger partial charge on any atom is -0.372 e. The van der Waals surface area contributed by atoms with Crippen LogP contribution in [0.5, 0.6) is 0 Å². The maximum absolute atomic E-state index is 12.1. The van der Waals surface area contributed by atoms with Crippen LogP contribution in [-0.4, -0.2) is 32.7 Å². The van der Waals surface area contributed by atoms with E-state index in [2.05, 4.69) is 25.7 Å². The Balaban J connectivity index is 2.20. The first kappa shape index (κ1) is 13.0. The van der Waals surface area contributed by atoms with E-state index in [4.69, 9.17) is 0 Å². The first-order chi connectivity index (χ1) is 9.13. The Hall–Kier alpha value is -2.44. The van der Waals surface area contributed by atoms with Gasteiger partial charge >= 0.3 is 0 Å². The number of hydrogen-bond acceptors (Lipinski definition) is 5. The number of hydrogen-bond donors (Lipinski definition) is 2. The van der Waals surface area contributed by atoms with E-state index in [9.17, 15) is 4.79 Å². The van der Waals surface area contributed by atoms with Crippen LogP contribution in [0.15, 0.2) is 18.6 Å². The van der Waals surface area contributed by atoms with Gasteiger partial charge in [-0.05, 0) is 6.42 Å². The second kappa shape index (κ2) is 5.47. The summed E-state index contributed by atoms with van der Waals surface area (Å²) in [5.41, 5.74) is 1.80. The average molecular weight is 260 g/mol. The third-order valence-electron chi connectivity index (χ3n) is 2.61. The monoisotopic (exact) mass is 260 g/mol. The molecule has 0 fully saturated rings. The molecule has 0 saturated heterocycles. The zero-order valence-electron chi connectivity index (χ0n) is 11.1. The number of nitrogens with one attached hydrogen (secondary N) is 2. The predicted molar refractivity (Wildman–Crippen MR) is 72.1 cm³/mol. The molecular weight excluding hydrogens is 244 g/mol. The second-order valence-corrected chi connectivity index (χ2v) is 4.01. The molecule has 0 bridgehead atoms. The number of aromatic nitrogens is 4. The van der Waals surface area contributed by atoms with Gasteiger partial charge in [-0.1, -0.05) is 6.92 Å². The van der Waals surface area contributed by atoms with Gasteiger partial charge in [0.05, 0.1) is 23.8 Å². The quantitative estimate of drug-likeness (QED) is 0.858. The Kier molecular flexibility index (Phi) is 3.74.